The van der Waals surface area contributed by atoms with Gasteiger partial charge in [0.05, 0.1) is 0 Å². The molecule has 1 aromatic rings. The fraction of sp³-hybridized carbons (Fsp3) is 0.500. The number of aromatic hydroxyl groups is 1. The molecule has 0 spiro atoms. The van der Waals surface area contributed by atoms with Gasteiger partial charge in [0.2, 0.25) is 0 Å². The molecule has 1 rings (SSSR count). The molecule has 14 heavy (non-hydrogen) atoms. The highest BCUT2D eigenvalue weighted by molar-refractivity contribution is 5.58. The summed E-state index contributed by atoms with van der Waals surface area (Å²) in [7, 11) is 0. The molecule has 0 radical (unpaired) electrons. The second kappa shape index (κ2) is 4.36. The lowest BCUT2D eigenvalue weighted by molar-refractivity contribution is 0.471. The third-order valence-electron chi connectivity index (χ3n) is 2.62. The van der Waals surface area contributed by atoms with Crippen molar-refractivity contribution in [2.75, 3.05) is 18.0 Å². The molecule has 0 aliphatic rings. The number of anilines is 1. The predicted octanol–water partition coefficient (Wildman–Crippen LogP) is 2.86. The summed E-state index contributed by atoms with van der Waals surface area (Å²) < 4.78 is 0. The number of rotatable bonds is 3. The summed E-state index contributed by atoms with van der Waals surface area (Å²) in [5, 5.41) is 9.64. The van der Waals surface area contributed by atoms with Crippen LogP contribution in [0.4, 0.5) is 5.69 Å². The summed E-state index contributed by atoms with van der Waals surface area (Å²) in [6, 6.07) is 3.89. The van der Waals surface area contributed by atoms with Gasteiger partial charge < -0.3 is 10.0 Å². The zero-order chi connectivity index (χ0) is 10.7. The standard InChI is InChI=1S/C12H19NO/c1-5-13(6-2)11-8-12(14)10(4)7-9(11)3/h7-8,14H,5-6H2,1-4H3. The monoisotopic (exact) mass is 193 g/mol. The molecule has 0 saturated heterocycles. The largest absolute Gasteiger partial charge is 0.508 e. The van der Waals surface area contributed by atoms with Crippen LogP contribution < -0.4 is 4.90 Å². The van der Waals surface area contributed by atoms with E-state index >= 15 is 0 Å². The Morgan fingerprint density at radius 2 is 1.64 bits per heavy atom. The topological polar surface area (TPSA) is 23.5 Å². The number of nitrogens with zero attached hydrogens (tertiary/aromatic N) is 1. The van der Waals surface area contributed by atoms with E-state index in [1.54, 1.807) is 0 Å². The Bertz CT molecular complexity index is 316. The molecule has 0 fully saturated rings. The average Bonchev–Trinajstić information content (AvgIpc) is 2.15. The van der Waals surface area contributed by atoms with Crippen LogP contribution in [-0.4, -0.2) is 18.2 Å². The van der Waals surface area contributed by atoms with Crippen LogP contribution in [0.15, 0.2) is 12.1 Å². The Labute approximate surface area is 86.2 Å². The molecule has 78 valence electrons. The number of phenolic OH excluding ortho intramolecular Hbond substituents is 1. The first-order valence-corrected chi connectivity index (χ1v) is 5.15. The fourth-order valence-electron chi connectivity index (χ4n) is 1.73. The van der Waals surface area contributed by atoms with Crippen molar-refractivity contribution in [2.45, 2.75) is 27.7 Å². The van der Waals surface area contributed by atoms with Crippen molar-refractivity contribution in [3.63, 3.8) is 0 Å². The van der Waals surface area contributed by atoms with Gasteiger partial charge >= 0.3 is 0 Å². The zero-order valence-electron chi connectivity index (χ0n) is 9.46. The van der Waals surface area contributed by atoms with Gasteiger partial charge in [-0.2, -0.15) is 0 Å². The highest BCUT2D eigenvalue weighted by atomic mass is 16.3. The van der Waals surface area contributed by atoms with E-state index in [0.717, 1.165) is 24.3 Å². The normalized spacial score (nSPS) is 10.3. The van der Waals surface area contributed by atoms with E-state index in [1.807, 2.05) is 19.1 Å². The van der Waals surface area contributed by atoms with Gasteiger partial charge in [-0.3, -0.25) is 0 Å². The lowest BCUT2D eigenvalue weighted by atomic mass is 10.1. The molecule has 0 heterocycles. The van der Waals surface area contributed by atoms with Crippen LogP contribution >= 0.6 is 0 Å². The van der Waals surface area contributed by atoms with Crippen LogP contribution in [0.3, 0.4) is 0 Å². The summed E-state index contributed by atoms with van der Waals surface area (Å²) in [6.45, 7) is 10.2. The van der Waals surface area contributed by atoms with Crippen LogP contribution in [0.2, 0.25) is 0 Å². The van der Waals surface area contributed by atoms with Crippen molar-refractivity contribution < 1.29 is 5.11 Å². The molecule has 0 aliphatic carbocycles. The summed E-state index contributed by atoms with van der Waals surface area (Å²) in [6.07, 6.45) is 0. The van der Waals surface area contributed by atoms with Crippen molar-refractivity contribution >= 4 is 5.69 Å². The first-order chi connectivity index (χ1) is 6.60. The fourth-order valence-corrected chi connectivity index (χ4v) is 1.73. The maximum absolute atomic E-state index is 9.64. The van der Waals surface area contributed by atoms with Gasteiger partial charge in [0, 0.05) is 24.8 Å². The van der Waals surface area contributed by atoms with Gasteiger partial charge in [-0.25, -0.2) is 0 Å². The highest BCUT2D eigenvalue weighted by Gasteiger charge is 2.08. The van der Waals surface area contributed by atoms with Crippen LogP contribution in [-0.2, 0) is 0 Å². The van der Waals surface area contributed by atoms with E-state index in [-0.39, 0.29) is 0 Å². The molecule has 0 aliphatic heterocycles. The Kier molecular flexibility index (Phi) is 3.39. The number of phenols is 1. The number of benzene rings is 1. The van der Waals surface area contributed by atoms with Gasteiger partial charge in [-0.05, 0) is 38.8 Å². The minimum Gasteiger partial charge on any atom is -0.508 e. The second-order valence-electron chi connectivity index (χ2n) is 3.60. The lowest BCUT2D eigenvalue weighted by Crippen LogP contribution is -2.22. The first-order valence-electron chi connectivity index (χ1n) is 5.15. The third kappa shape index (κ3) is 2.00. The van der Waals surface area contributed by atoms with Crippen molar-refractivity contribution in [2.24, 2.45) is 0 Å². The molecule has 0 unspecified atom stereocenters. The van der Waals surface area contributed by atoms with Crippen LogP contribution in [0.1, 0.15) is 25.0 Å². The summed E-state index contributed by atoms with van der Waals surface area (Å²) >= 11 is 0. The third-order valence-corrected chi connectivity index (χ3v) is 2.62. The van der Waals surface area contributed by atoms with E-state index in [1.165, 1.54) is 5.56 Å². The molecule has 0 aromatic heterocycles. The highest BCUT2D eigenvalue weighted by Crippen LogP contribution is 2.27. The lowest BCUT2D eigenvalue weighted by Gasteiger charge is -2.23. The maximum Gasteiger partial charge on any atom is 0.120 e. The van der Waals surface area contributed by atoms with Gasteiger partial charge in [0.15, 0.2) is 0 Å². The van der Waals surface area contributed by atoms with Crippen LogP contribution in [0.25, 0.3) is 0 Å². The van der Waals surface area contributed by atoms with Crippen LogP contribution in [0.5, 0.6) is 5.75 Å². The van der Waals surface area contributed by atoms with Gasteiger partial charge in [-0.15, -0.1) is 0 Å². The van der Waals surface area contributed by atoms with Crippen LogP contribution in [0, 0.1) is 13.8 Å². The SMILES string of the molecule is CCN(CC)c1cc(O)c(C)cc1C. The van der Waals surface area contributed by atoms with E-state index < -0.39 is 0 Å². The Morgan fingerprint density at radius 3 is 2.14 bits per heavy atom. The quantitative estimate of drug-likeness (QED) is 0.798. The van der Waals surface area contributed by atoms with E-state index in [9.17, 15) is 5.11 Å². The molecule has 2 heteroatoms. The number of aryl methyl sites for hydroxylation is 2. The number of hydrogen-bond acceptors (Lipinski definition) is 2. The Hall–Kier alpha value is -1.18. The van der Waals surface area contributed by atoms with Gasteiger partial charge in [-0.1, -0.05) is 6.07 Å². The molecule has 2 nitrogen and oxygen atoms in total. The summed E-state index contributed by atoms with van der Waals surface area (Å²) in [4.78, 5) is 2.24. The van der Waals surface area contributed by atoms with Crippen molar-refractivity contribution in [1.29, 1.82) is 0 Å². The maximum atomic E-state index is 9.64. The van der Waals surface area contributed by atoms with E-state index in [2.05, 4.69) is 25.7 Å². The minimum atomic E-state index is 0.387. The molecule has 0 saturated carbocycles. The van der Waals surface area contributed by atoms with Gasteiger partial charge in [0.25, 0.3) is 0 Å². The van der Waals surface area contributed by atoms with Crippen molar-refractivity contribution in [1.82, 2.24) is 0 Å². The molecular weight excluding hydrogens is 174 g/mol. The minimum absolute atomic E-state index is 0.387. The molecule has 1 N–H and O–H groups in total. The molecular formula is C12H19NO. The molecule has 0 amide bonds. The Morgan fingerprint density at radius 1 is 1.07 bits per heavy atom. The zero-order valence-corrected chi connectivity index (χ0v) is 9.46. The van der Waals surface area contributed by atoms with Crippen molar-refractivity contribution in [3.8, 4) is 5.75 Å². The van der Waals surface area contributed by atoms with Gasteiger partial charge in [0.1, 0.15) is 5.75 Å². The average molecular weight is 193 g/mol. The van der Waals surface area contributed by atoms with Crippen molar-refractivity contribution in [3.05, 3.63) is 23.3 Å². The number of hydrogen-bond donors (Lipinski definition) is 1. The molecule has 1 aromatic carbocycles. The predicted molar refractivity (Wildman–Crippen MR) is 61.1 cm³/mol. The van der Waals surface area contributed by atoms with E-state index in [4.69, 9.17) is 0 Å². The van der Waals surface area contributed by atoms with E-state index in [0.29, 0.717) is 5.75 Å². The molecule has 0 bridgehead atoms. The Balaban J connectivity index is 3.14. The first kappa shape index (κ1) is 10.9. The summed E-state index contributed by atoms with van der Waals surface area (Å²) in [5.74, 6) is 0.387. The molecule has 0 atom stereocenters. The second-order valence-corrected chi connectivity index (χ2v) is 3.60. The smallest absolute Gasteiger partial charge is 0.120 e. The summed E-state index contributed by atoms with van der Waals surface area (Å²) in [5.41, 5.74) is 3.31.